The molecule has 3 rings (SSSR count). The molecule has 1 heterocycles. The number of nitrogens with zero attached hydrogens (tertiary/aromatic N) is 4. The standard InChI is InChI=1S/C19H17ClN4/c1-23(19-16(12-21)8-5-9-17(19)20)14-18-22-10-11-24(18)13-15-6-3-2-4-7-15/h2-11H,13-14H2,1H3. The molecule has 0 bridgehead atoms. The van der Waals surface area contributed by atoms with E-state index in [1.54, 1.807) is 24.4 Å². The smallest absolute Gasteiger partial charge is 0.128 e. The third kappa shape index (κ3) is 3.42. The lowest BCUT2D eigenvalue weighted by molar-refractivity contribution is 0.707. The Bertz CT molecular complexity index is 865. The molecular weight excluding hydrogens is 320 g/mol. The van der Waals surface area contributed by atoms with Crippen molar-refractivity contribution < 1.29 is 0 Å². The van der Waals surface area contributed by atoms with Crippen molar-refractivity contribution in [2.45, 2.75) is 13.1 Å². The van der Waals surface area contributed by atoms with Crippen molar-refractivity contribution in [1.82, 2.24) is 9.55 Å². The molecule has 0 aliphatic heterocycles. The average molecular weight is 337 g/mol. The molecule has 5 heteroatoms. The number of nitriles is 1. The van der Waals surface area contributed by atoms with Crippen LogP contribution < -0.4 is 4.90 Å². The molecule has 1 aromatic heterocycles. The second-order valence-corrected chi connectivity index (χ2v) is 5.97. The average Bonchev–Trinajstić information content (AvgIpc) is 3.02. The first kappa shape index (κ1) is 16.1. The maximum absolute atomic E-state index is 9.31. The van der Waals surface area contributed by atoms with Crippen LogP contribution in [0, 0.1) is 11.3 Å². The van der Waals surface area contributed by atoms with Gasteiger partial charge in [-0.15, -0.1) is 0 Å². The molecule has 0 saturated carbocycles. The Balaban J connectivity index is 1.83. The second kappa shape index (κ2) is 7.20. The maximum Gasteiger partial charge on any atom is 0.128 e. The highest BCUT2D eigenvalue weighted by atomic mass is 35.5. The summed E-state index contributed by atoms with van der Waals surface area (Å²) in [6.07, 6.45) is 3.76. The van der Waals surface area contributed by atoms with Gasteiger partial charge in [-0.3, -0.25) is 0 Å². The quantitative estimate of drug-likeness (QED) is 0.704. The summed E-state index contributed by atoms with van der Waals surface area (Å²) in [7, 11) is 1.92. The van der Waals surface area contributed by atoms with Crippen molar-refractivity contribution in [3.05, 3.63) is 82.9 Å². The number of rotatable bonds is 5. The summed E-state index contributed by atoms with van der Waals surface area (Å²) < 4.78 is 2.11. The fourth-order valence-corrected chi connectivity index (χ4v) is 3.02. The van der Waals surface area contributed by atoms with Gasteiger partial charge in [-0.1, -0.05) is 48.0 Å². The van der Waals surface area contributed by atoms with Crippen molar-refractivity contribution >= 4 is 17.3 Å². The lowest BCUT2D eigenvalue weighted by Gasteiger charge is -2.22. The van der Waals surface area contributed by atoms with Crippen molar-refractivity contribution in [3.8, 4) is 6.07 Å². The predicted molar refractivity (Wildman–Crippen MR) is 96.0 cm³/mol. The van der Waals surface area contributed by atoms with E-state index < -0.39 is 0 Å². The molecule has 0 aliphatic rings. The highest BCUT2D eigenvalue weighted by Gasteiger charge is 2.14. The van der Waals surface area contributed by atoms with Gasteiger partial charge in [0.2, 0.25) is 0 Å². The van der Waals surface area contributed by atoms with E-state index in [1.807, 2.05) is 36.3 Å². The third-order valence-corrected chi connectivity index (χ3v) is 4.17. The fourth-order valence-electron chi connectivity index (χ4n) is 2.70. The van der Waals surface area contributed by atoms with E-state index in [2.05, 4.69) is 27.8 Å². The Labute approximate surface area is 146 Å². The topological polar surface area (TPSA) is 44.9 Å². The molecule has 0 unspecified atom stereocenters. The molecule has 3 aromatic rings. The van der Waals surface area contributed by atoms with Gasteiger partial charge in [-0.25, -0.2) is 4.98 Å². The molecule has 0 spiro atoms. The summed E-state index contributed by atoms with van der Waals surface area (Å²) in [6, 6.07) is 17.8. The first-order valence-corrected chi connectivity index (χ1v) is 8.00. The zero-order chi connectivity index (χ0) is 16.9. The van der Waals surface area contributed by atoms with Crippen LogP contribution in [0.2, 0.25) is 5.02 Å². The first-order chi connectivity index (χ1) is 11.7. The molecule has 4 nitrogen and oxygen atoms in total. The zero-order valence-electron chi connectivity index (χ0n) is 13.4. The molecule has 2 aromatic carbocycles. The highest BCUT2D eigenvalue weighted by molar-refractivity contribution is 6.33. The summed E-state index contributed by atoms with van der Waals surface area (Å²) in [5.74, 6) is 0.921. The van der Waals surface area contributed by atoms with Crippen LogP contribution in [0.3, 0.4) is 0 Å². The molecule has 0 aliphatic carbocycles. The minimum absolute atomic E-state index is 0.561. The molecule has 0 fully saturated rings. The van der Waals surface area contributed by atoms with Gasteiger partial charge in [0.15, 0.2) is 0 Å². The van der Waals surface area contributed by atoms with Gasteiger partial charge >= 0.3 is 0 Å². The lowest BCUT2D eigenvalue weighted by atomic mass is 10.2. The number of halogens is 1. The van der Waals surface area contributed by atoms with Gasteiger partial charge < -0.3 is 9.47 Å². The van der Waals surface area contributed by atoms with Crippen LogP contribution in [0.1, 0.15) is 17.0 Å². The van der Waals surface area contributed by atoms with Crippen molar-refractivity contribution in [2.24, 2.45) is 0 Å². The molecule has 0 amide bonds. The number of hydrogen-bond donors (Lipinski definition) is 0. The molecular formula is C19H17ClN4. The van der Waals surface area contributed by atoms with E-state index in [-0.39, 0.29) is 0 Å². The van der Waals surface area contributed by atoms with Crippen molar-refractivity contribution in [2.75, 3.05) is 11.9 Å². The highest BCUT2D eigenvalue weighted by Crippen LogP contribution is 2.29. The Morgan fingerprint density at radius 3 is 2.71 bits per heavy atom. The van der Waals surface area contributed by atoms with Crippen LogP contribution in [-0.2, 0) is 13.1 Å². The van der Waals surface area contributed by atoms with Crippen LogP contribution in [-0.4, -0.2) is 16.6 Å². The van der Waals surface area contributed by atoms with Crippen LogP contribution in [0.25, 0.3) is 0 Å². The number of benzene rings is 2. The van der Waals surface area contributed by atoms with Crippen LogP contribution in [0.5, 0.6) is 0 Å². The van der Waals surface area contributed by atoms with Gasteiger partial charge in [-0.05, 0) is 17.7 Å². The Morgan fingerprint density at radius 2 is 1.96 bits per heavy atom. The first-order valence-electron chi connectivity index (χ1n) is 7.62. The summed E-state index contributed by atoms with van der Waals surface area (Å²) in [6.45, 7) is 1.33. The van der Waals surface area contributed by atoms with Crippen LogP contribution in [0.4, 0.5) is 5.69 Å². The molecule has 0 saturated heterocycles. The molecule has 0 radical (unpaired) electrons. The maximum atomic E-state index is 9.31. The number of imidazole rings is 1. The fraction of sp³-hybridized carbons (Fsp3) is 0.158. The van der Waals surface area contributed by atoms with Crippen molar-refractivity contribution in [1.29, 1.82) is 5.26 Å². The molecule has 0 N–H and O–H groups in total. The van der Waals surface area contributed by atoms with Crippen LogP contribution in [0.15, 0.2) is 60.9 Å². The number of aromatic nitrogens is 2. The molecule has 120 valence electrons. The van der Waals surface area contributed by atoms with E-state index in [9.17, 15) is 5.26 Å². The second-order valence-electron chi connectivity index (χ2n) is 5.56. The van der Waals surface area contributed by atoms with Gasteiger partial charge in [0.25, 0.3) is 0 Å². The third-order valence-electron chi connectivity index (χ3n) is 3.86. The van der Waals surface area contributed by atoms with Crippen molar-refractivity contribution in [3.63, 3.8) is 0 Å². The number of hydrogen-bond acceptors (Lipinski definition) is 3. The Hall–Kier alpha value is -2.77. The monoisotopic (exact) mass is 336 g/mol. The summed E-state index contributed by atoms with van der Waals surface area (Å²) >= 11 is 6.29. The summed E-state index contributed by atoms with van der Waals surface area (Å²) in [5.41, 5.74) is 2.51. The predicted octanol–water partition coefficient (Wildman–Crippen LogP) is 4.09. The van der Waals surface area contributed by atoms with E-state index in [1.165, 1.54) is 5.56 Å². The van der Waals surface area contributed by atoms with Gasteiger partial charge in [0.1, 0.15) is 11.9 Å². The molecule has 24 heavy (non-hydrogen) atoms. The van der Waals surface area contributed by atoms with Gasteiger partial charge in [-0.2, -0.15) is 5.26 Å². The lowest BCUT2D eigenvalue weighted by Crippen LogP contribution is -2.21. The van der Waals surface area contributed by atoms with Gasteiger partial charge in [0, 0.05) is 26.0 Å². The minimum Gasteiger partial charge on any atom is -0.365 e. The summed E-state index contributed by atoms with van der Waals surface area (Å²) in [4.78, 5) is 6.42. The Kier molecular flexibility index (Phi) is 4.83. The van der Waals surface area contributed by atoms with Gasteiger partial charge in [0.05, 0.1) is 22.8 Å². The number of para-hydroxylation sites is 1. The molecule has 0 atom stereocenters. The van der Waals surface area contributed by atoms with E-state index in [4.69, 9.17) is 11.6 Å². The largest absolute Gasteiger partial charge is 0.365 e. The summed E-state index contributed by atoms with van der Waals surface area (Å²) in [5, 5.41) is 9.88. The zero-order valence-corrected chi connectivity index (χ0v) is 14.1. The van der Waals surface area contributed by atoms with E-state index in [0.717, 1.165) is 18.1 Å². The normalized spacial score (nSPS) is 10.4. The van der Waals surface area contributed by atoms with Crippen LogP contribution >= 0.6 is 11.6 Å². The van der Waals surface area contributed by atoms with E-state index >= 15 is 0 Å². The minimum atomic E-state index is 0.561. The Morgan fingerprint density at radius 1 is 1.17 bits per heavy atom. The number of anilines is 1. The SMILES string of the molecule is CN(Cc1nccn1Cc1ccccc1)c1c(Cl)cccc1C#N. The van der Waals surface area contributed by atoms with E-state index in [0.29, 0.717) is 17.1 Å².